The van der Waals surface area contributed by atoms with Crippen LogP contribution in [0.1, 0.15) is 28.8 Å². The van der Waals surface area contributed by atoms with Crippen molar-refractivity contribution >= 4 is 18.0 Å². The van der Waals surface area contributed by atoms with Gasteiger partial charge in [0.2, 0.25) is 0 Å². The smallest absolute Gasteiger partial charge is 0.199 e. The van der Waals surface area contributed by atoms with Crippen LogP contribution in [0.2, 0.25) is 0 Å². The molecule has 0 amide bonds. The number of benzene rings is 2. The van der Waals surface area contributed by atoms with Crippen LogP contribution in [0, 0.1) is 17.6 Å². The summed E-state index contributed by atoms with van der Waals surface area (Å²) in [5.41, 5.74) is 3.11. The Morgan fingerprint density at radius 2 is 1.72 bits per heavy atom. The largest absolute Gasteiger partial charge is 0.303 e. The second kappa shape index (κ2) is 8.43. The molecule has 6 heteroatoms. The van der Waals surface area contributed by atoms with E-state index in [0.717, 1.165) is 42.9 Å². The highest BCUT2D eigenvalue weighted by Crippen LogP contribution is 2.24. The third kappa shape index (κ3) is 4.09. The molecular formula is C23H26N4OS. The van der Waals surface area contributed by atoms with Crippen molar-refractivity contribution in [2.24, 2.45) is 13.0 Å². The van der Waals surface area contributed by atoms with Gasteiger partial charge in [0.25, 0.3) is 0 Å². The standard InChI is InChI=1S/C23H26N4OS/c1-17-8-6-7-11-20(17)22-24-27(23(29)25(22)2)16-26-14-12-19(13-15-26)21(28)18-9-4-3-5-10-18/h3-11,19H,12-16H2,1-2H3. The average molecular weight is 407 g/mol. The van der Waals surface area contributed by atoms with Gasteiger partial charge in [-0.15, -0.1) is 0 Å². The van der Waals surface area contributed by atoms with Crippen LogP contribution in [0.25, 0.3) is 11.4 Å². The minimum Gasteiger partial charge on any atom is -0.303 e. The maximum atomic E-state index is 12.7. The van der Waals surface area contributed by atoms with Gasteiger partial charge < -0.3 is 4.57 Å². The summed E-state index contributed by atoms with van der Waals surface area (Å²) in [4.78, 5) is 15.0. The number of likely N-dealkylation sites (tertiary alicyclic amines) is 1. The first-order valence-electron chi connectivity index (χ1n) is 10.1. The van der Waals surface area contributed by atoms with Crippen LogP contribution < -0.4 is 0 Å². The van der Waals surface area contributed by atoms with E-state index in [1.165, 1.54) is 5.56 Å². The van der Waals surface area contributed by atoms with Gasteiger partial charge >= 0.3 is 0 Å². The van der Waals surface area contributed by atoms with Crippen LogP contribution in [0.4, 0.5) is 0 Å². The molecule has 0 N–H and O–H groups in total. The maximum absolute atomic E-state index is 12.7. The van der Waals surface area contributed by atoms with E-state index >= 15 is 0 Å². The number of Topliss-reactive ketones (excluding diaryl/α,β-unsaturated/α-hetero) is 1. The topological polar surface area (TPSA) is 43.1 Å². The van der Waals surface area contributed by atoms with Crippen molar-refractivity contribution in [3.8, 4) is 11.4 Å². The van der Waals surface area contributed by atoms with Crippen molar-refractivity contribution in [3.05, 3.63) is 70.5 Å². The van der Waals surface area contributed by atoms with E-state index in [1.807, 2.05) is 58.8 Å². The van der Waals surface area contributed by atoms with Crippen molar-refractivity contribution < 1.29 is 4.79 Å². The van der Waals surface area contributed by atoms with Crippen molar-refractivity contribution in [3.63, 3.8) is 0 Å². The molecule has 1 aliphatic heterocycles. The van der Waals surface area contributed by atoms with Crippen molar-refractivity contribution in [1.29, 1.82) is 0 Å². The monoisotopic (exact) mass is 406 g/mol. The Labute approximate surface area is 176 Å². The van der Waals surface area contributed by atoms with Crippen molar-refractivity contribution in [1.82, 2.24) is 19.2 Å². The quantitative estimate of drug-likeness (QED) is 0.463. The molecule has 0 radical (unpaired) electrons. The van der Waals surface area contributed by atoms with Gasteiger partial charge in [-0.05, 0) is 37.5 Å². The summed E-state index contributed by atoms with van der Waals surface area (Å²) in [6.07, 6.45) is 1.75. The molecule has 0 spiro atoms. The number of aromatic nitrogens is 3. The van der Waals surface area contributed by atoms with Crippen molar-refractivity contribution in [2.45, 2.75) is 26.4 Å². The summed E-state index contributed by atoms with van der Waals surface area (Å²) in [7, 11) is 1.97. The van der Waals surface area contributed by atoms with Gasteiger partial charge in [-0.1, -0.05) is 54.6 Å². The Balaban J connectivity index is 1.44. The van der Waals surface area contributed by atoms with Crippen LogP contribution in [0.5, 0.6) is 0 Å². The summed E-state index contributed by atoms with van der Waals surface area (Å²) in [5.74, 6) is 1.26. The van der Waals surface area contributed by atoms with Crippen molar-refractivity contribution in [2.75, 3.05) is 13.1 Å². The summed E-state index contributed by atoms with van der Waals surface area (Å²) in [6.45, 7) is 4.50. The van der Waals surface area contributed by atoms with E-state index in [9.17, 15) is 4.79 Å². The molecule has 29 heavy (non-hydrogen) atoms. The lowest BCUT2D eigenvalue weighted by atomic mass is 9.89. The van der Waals surface area contributed by atoms with E-state index in [-0.39, 0.29) is 11.7 Å². The Morgan fingerprint density at radius 3 is 2.41 bits per heavy atom. The lowest BCUT2D eigenvalue weighted by molar-refractivity contribution is 0.0803. The third-order valence-electron chi connectivity index (χ3n) is 5.78. The minimum absolute atomic E-state index is 0.105. The molecule has 1 aliphatic rings. The molecule has 0 atom stereocenters. The first-order valence-corrected chi connectivity index (χ1v) is 10.5. The molecule has 1 aromatic heterocycles. The van der Waals surface area contributed by atoms with E-state index in [2.05, 4.69) is 24.0 Å². The van der Waals surface area contributed by atoms with Gasteiger partial charge in [0.15, 0.2) is 16.4 Å². The number of rotatable bonds is 5. The van der Waals surface area contributed by atoms with E-state index in [0.29, 0.717) is 11.4 Å². The molecule has 0 bridgehead atoms. The number of carbonyl (C=O) groups excluding carboxylic acids is 1. The molecule has 150 valence electrons. The molecule has 0 unspecified atom stereocenters. The Kier molecular flexibility index (Phi) is 5.74. The zero-order valence-corrected chi connectivity index (χ0v) is 17.7. The van der Waals surface area contributed by atoms with Gasteiger partial charge in [-0.25, -0.2) is 4.68 Å². The van der Waals surface area contributed by atoms with Gasteiger partial charge in [0, 0.05) is 37.2 Å². The molecule has 2 heterocycles. The zero-order valence-electron chi connectivity index (χ0n) is 16.9. The molecule has 3 aromatic rings. The number of hydrogen-bond donors (Lipinski definition) is 0. The van der Waals surface area contributed by atoms with Crippen LogP contribution in [0.15, 0.2) is 54.6 Å². The molecule has 0 aliphatic carbocycles. The fourth-order valence-corrected chi connectivity index (χ4v) is 4.19. The third-order valence-corrected chi connectivity index (χ3v) is 6.26. The van der Waals surface area contributed by atoms with Gasteiger partial charge in [-0.3, -0.25) is 9.69 Å². The molecule has 1 fully saturated rings. The molecule has 5 nitrogen and oxygen atoms in total. The number of ketones is 1. The number of hydrogen-bond acceptors (Lipinski definition) is 4. The first-order chi connectivity index (χ1) is 14.0. The SMILES string of the molecule is Cc1ccccc1-c1nn(CN2CCC(C(=O)c3ccccc3)CC2)c(=S)n1C. The Hall–Kier alpha value is -2.57. The van der Waals surface area contributed by atoms with Crippen LogP contribution in [-0.2, 0) is 13.7 Å². The summed E-state index contributed by atoms with van der Waals surface area (Å²) in [5, 5.41) is 4.80. The second-order valence-corrected chi connectivity index (χ2v) is 8.11. The van der Waals surface area contributed by atoms with Gasteiger partial charge in [0.1, 0.15) is 0 Å². The summed E-state index contributed by atoms with van der Waals surface area (Å²) >= 11 is 5.64. The Morgan fingerprint density at radius 1 is 1.07 bits per heavy atom. The van der Waals surface area contributed by atoms with Crippen LogP contribution >= 0.6 is 12.2 Å². The predicted molar refractivity (Wildman–Crippen MR) is 117 cm³/mol. The normalized spacial score (nSPS) is 15.5. The Bertz CT molecular complexity index is 1060. The summed E-state index contributed by atoms with van der Waals surface area (Å²) < 4.78 is 4.59. The van der Waals surface area contributed by atoms with E-state index in [1.54, 1.807) is 0 Å². The fourth-order valence-electron chi connectivity index (χ4n) is 4.00. The number of nitrogens with zero attached hydrogens (tertiary/aromatic N) is 4. The number of carbonyl (C=O) groups is 1. The highest BCUT2D eigenvalue weighted by molar-refractivity contribution is 7.71. The van der Waals surface area contributed by atoms with Gasteiger partial charge in [-0.2, -0.15) is 5.10 Å². The molecule has 4 rings (SSSR count). The van der Waals surface area contributed by atoms with Gasteiger partial charge in [0.05, 0.1) is 6.67 Å². The van der Waals surface area contributed by atoms with Crippen LogP contribution in [0.3, 0.4) is 0 Å². The molecular weight excluding hydrogens is 380 g/mol. The highest BCUT2D eigenvalue weighted by atomic mass is 32.1. The summed E-state index contributed by atoms with van der Waals surface area (Å²) in [6, 6.07) is 17.9. The number of aryl methyl sites for hydroxylation is 1. The number of piperidine rings is 1. The average Bonchev–Trinajstić information content (AvgIpc) is 3.03. The minimum atomic E-state index is 0.105. The first kappa shape index (κ1) is 19.7. The second-order valence-electron chi connectivity index (χ2n) is 7.74. The molecule has 0 saturated carbocycles. The fraction of sp³-hybridized carbons (Fsp3) is 0.348. The zero-order chi connectivity index (χ0) is 20.4. The highest BCUT2D eigenvalue weighted by Gasteiger charge is 2.26. The van der Waals surface area contributed by atoms with E-state index in [4.69, 9.17) is 17.3 Å². The van der Waals surface area contributed by atoms with Crippen LogP contribution in [-0.4, -0.2) is 38.1 Å². The molecule has 2 aromatic carbocycles. The lowest BCUT2D eigenvalue weighted by Crippen LogP contribution is -2.37. The predicted octanol–water partition coefficient (Wildman–Crippen LogP) is 4.48. The lowest BCUT2D eigenvalue weighted by Gasteiger charge is -2.30. The maximum Gasteiger partial charge on any atom is 0.199 e. The molecule has 1 saturated heterocycles. The van der Waals surface area contributed by atoms with E-state index < -0.39 is 0 Å².